The largest absolute Gasteiger partial charge is 0.379 e. The summed E-state index contributed by atoms with van der Waals surface area (Å²) in [5.74, 6) is -16.0. The fourth-order valence-corrected chi connectivity index (χ4v) is 1.94. The van der Waals surface area contributed by atoms with Crippen molar-refractivity contribution in [1.29, 1.82) is 0 Å². The molecule has 1 aromatic rings. The van der Waals surface area contributed by atoms with Gasteiger partial charge >= 0.3 is 17.8 Å². The third-order valence-electron chi connectivity index (χ3n) is 3.17. The van der Waals surface area contributed by atoms with E-state index >= 15 is 0 Å². The van der Waals surface area contributed by atoms with Crippen molar-refractivity contribution < 1.29 is 31.4 Å². The standard InChI is InChI=1S/C11H8F6O/c1-6-2-4-7(5-3-6)8(18)9(12,13)11(16,17)10(8,14)15/h2-5,18H,1H3. The summed E-state index contributed by atoms with van der Waals surface area (Å²) in [6, 6.07) is 3.92. The van der Waals surface area contributed by atoms with Crippen molar-refractivity contribution in [1.82, 2.24) is 0 Å². The first-order valence-corrected chi connectivity index (χ1v) is 4.93. The first kappa shape index (κ1) is 13.2. The van der Waals surface area contributed by atoms with Gasteiger partial charge in [-0.1, -0.05) is 29.8 Å². The van der Waals surface area contributed by atoms with Gasteiger partial charge in [0, 0.05) is 0 Å². The maximum atomic E-state index is 13.2. The second-order valence-electron chi connectivity index (χ2n) is 4.30. The molecule has 0 bridgehead atoms. The van der Waals surface area contributed by atoms with Crippen LogP contribution >= 0.6 is 0 Å². The summed E-state index contributed by atoms with van der Waals surface area (Å²) in [7, 11) is 0. The summed E-state index contributed by atoms with van der Waals surface area (Å²) in [4.78, 5) is 0. The van der Waals surface area contributed by atoms with E-state index in [2.05, 4.69) is 0 Å². The molecule has 1 aromatic carbocycles. The van der Waals surface area contributed by atoms with Crippen LogP contribution in [0.5, 0.6) is 0 Å². The van der Waals surface area contributed by atoms with Crippen molar-refractivity contribution in [3.63, 3.8) is 0 Å². The van der Waals surface area contributed by atoms with Crippen LogP contribution in [0.4, 0.5) is 26.3 Å². The Hall–Kier alpha value is -1.24. The molecule has 1 aliphatic rings. The van der Waals surface area contributed by atoms with E-state index < -0.39 is 28.9 Å². The molecule has 0 unspecified atom stereocenters. The summed E-state index contributed by atoms with van der Waals surface area (Å²) in [6.07, 6.45) is 0. The minimum atomic E-state index is -5.57. The summed E-state index contributed by atoms with van der Waals surface area (Å²) < 4.78 is 78.1. The number of halogens is 6. The lowest BCUT2D eigenvalue weighted by Gasteiger charge is -2.55. The lowest BCUT2D eigenvalue weighted by atomic mass is 9.64. The second kappa shape index (κ2) is 3.20. The molecule has 1 aliphatic carbocycles. The topological polar surface area (TPSA) is 20.2 Å². The van der Waals surface area contributed by atoms with Gasteiger partial charge in [0.25, 0.3) is 0 Å². The monoisotopic (exact) mass is 270 g/mol. The van der Waals surface area contributed by atoms with Crippen LogP contribution in [-0.2, 0) is 5.60 Å². The maximum absolute atomic E-state index is 13.2. The highest BCUT2D eigenvalue weighted by atomic mass is 19.4. The molecule has 1 fully saturated rings. The predicted octanol–water partition coefficient (Wildman–Crippen LogP) is 3.10. The van der Waals surface area contributed by atoms with E-state index in [-0.39, 0.29) is 0 Å². The molecule has 0 radical (unpaired) electrons. The van der Waals surface area contributed by atoms with Gasteiger partial charge in [-0.15, -0.1) is 0 Å². The molecule has 1 N–H and O–H groups in total. The zero-order chi connectivity index (χ0) is 14.0. The first-order valence-electron chi connectivity index (χ1n) is 4.93. The fraction of sp³-hybridized carbons (Fsp3) is 0.455. The van der Waals surface area contributed by atoms with Crippen molar-refractivity contribution in [3.8, 4) is 0 Å². The number of aryl methyl sites for hydroxylation is 1. The molecule has 7 heteroatoms. The van der Waals surface area contributed by atoms with Gasteiger partial charge in [0.2, 0.25) is 5.60 Å². The molecular weight excluding hydrogens is 262 g/mol. The van der Waals surface area contributed by atoms with Gasteiger partial charge in [-0.25, -0.2) is 0 Å². The molecule has 0 amide bonds. The molecule has 100 valence electrons. The van der Waals surface area contributed by atoms with Crippen LogP contribution in [0.2, 0.25) is 0 Å². The molecule has 18 heavy (non-hydrogen) atoms. The van der Waals surface area contributed by atoms with Gasteiger partial charge in [0.1, 0.15) is 0 Å². The Morgan fingerprint density at radius 2 is 1.17 bits per heavy atom. The van der Waals surface area contributed by atoms with Crippen LogP contribution < -0.4 is 0 Å². The Kier molecular flexibility index (Phi) is 2.35. The van der Waals surface area contributed by atoms with E-state index in [4.69, 9.17) is 0 Å². The average Bonchev–Trinajstić information content (AvgIpc) is 2.27. The van der Waals surface area contributed by atoms with Crippen LogP contribution in [0.1, 0.15) is 11.1 Å². The zero-order valence-electron chi connectivity index (χ0n) is 9.02. The number of alkyl halides is 6. The maximum Gasteiger partial charge on any atom is 0.379 e. The summed E-state index contributed by atoms with van der Waals surface area (Å²) in [5.41, 5.74) is -4.56. The van der Waals surface area contributed by atoms with Crippen LogP contribution in [0.15, 0.2) is 24.3 Å². The van der Waals surface area contributed by atoms with Crippen LogP contribution in [0.25, 0.3) is 0 Å². The third kappa shape index (κ3) is 1.08. The van der Waals surface area contributed by atoms with Crippen molar-refractivity contribution in [2.45, 2.75) is 30.3 Å². The lowest BCUT2D eigenvalue weighted by molar-refractivity contribution is -0.497. The molecule has 0 spiro atoms. The SMILES string of the molecule is Cc1ccc(C2(O)C(F)(F)C(F)(F)C2(F)F)cc1. The summed E-state index contributed by atoms with van der Waals surface area (Å²) in [5, 5.41) is 9.38. The Morgan fingerprint density at radius 3 is 1.56 bits per heavy atom. The molecule has 0 saturated heterocycles. The quantitative estimate of drug-likeness (QED) is 0.777. The van der Waals surface area contributed by atoms with E-state index in [0.29, 0.717) is 5.56 Å². The smallest absolute Gasteiger partial charge is 0.374 e. The normalized spacial score (nSPS) is 26.4. The van der Waals surface area contributed by atoms with Gasteiger partial charge in [-0.05, 0) is 12.5 Å². The highest BCUT2D eigenvalue weighted by Crippen LogP contribution is 2.70. The Morgan fingerprint density at radius 1 is 0.778 bits per heavy atom. The molecule has 1 saturated carbocycles. The average molecular weight is 270 g/mol. The summed E-state index contributed by atoms with van der Waals surface area (Å²) in [6.45, 7) is 1.56. The van der Waals surface area contributed by atoms with E-state index in [1.165, 1.54) is 12.1 Å². The van der Waals surface area contributed by atoms with Crippen LogP contribution in [0, 0.1) is 6.92 Å². The van der Waals surface area contributed by atoms with E-state index in [0.717, 1.165) is 12.1 Å². The highest BCUT2D eigenvalue weighted by molar-refractivity contribution is 5.40. The van der Waals surface area contributed by atoms with E-state index in [1.54, 1.807) is 6.92 Å². The molecular formula is C11H8F6O. The molecule has 2 rings (SSSR count). The van der Waals surface area contributed by atoms with E-state index in [9.17, 15) is 31.4 Å². The third-order valence-corrected chi connectivity index (χ3v) is 3.17. The number of hydrogen-bond acceptors (Lipinski definition) is 1. The summed E-state index contributed by atoms with van der Waals surface area (Å²) >= 11 is 0. The minimum Gasteiger partial charge on any atom is -0.374 e. The Bertz CT molecular complexity index is 461. The second-order valence-corrected chi connectivity index (χ2v) is 4.30. The van der Waals surface area contributed by atoms with Crippen LogP contribution in [-0.4, -0.2) is 22.9 Å². The van der Waals surface area contributed by atoms with Gasteiger partial charge in [-0.2, -0.15) is 26.3 Å². The molecule has 0 heterocycles. The molecule has 0 atom stereocenters. The van der Waals surface area contributed by atoms with Gasteiger partial charge < -0.3 is 5.11 Å². The van der Waals surface area contributed by atoms with Crippen molar-refractivity contribution >= 4 is 0 Å². The number of aliphatic hydroxyl groups is 1. The molecule has 1 nitrogen and oxygen atoms in total. The number of rotatable bonds is 1. The van der Waals surface area contributed by atoms with Gasteiger partial charge in [0.05, 0.1) is 0 Å². The zero-order valence-corrected chi connectivity index (χ0v) is 9.02. The Balaban J connectivity index is 2.58. The predicted molar refractivity (Wildman–Crippen MR) is 49.9 cm³/mol. The highest BCUT2D eigenvalue weighted by Gasteiger charge is 2.98. The van der Waals surface area contributed by atoms with Crippen molar-refractivity contribution in [2.75, 3.05) is 0 Å². The first-order chi connectivity index (χ1) is 8.00. The number of hydrogen-bond donors (Lipinski definition) is 1. The van der Waals surface area contributed by atoms with Crippen LogP contribution in [0.3, 0.4) is 0 Å². The Labute approximate surface area is 98.0 Å². The minimum absolute atomic E-state index is 0.556. The molecule has 0 aromatic heterocycles. The van der Waals surface area contributed by atoms with Gasteiger partial charge in [-0.3, -0.25) is 0 Å². The van der Waals surface area contributed by atoms with Gasteiger partial charge in [0.15, 0.2) is 0 Å². The molecule has 0 aliphatic heterocycles. The van der Waals surface area contributed by atoms with E-state index in [1.807, 2.05) is 0 Å². The van der Waals surface area contributed by atoms with Crippen molar-refractivity contribution in [2.24, 2.45) is 0 Å². The van der Waals surface area contributed by atoms with Crippen molar-refractivity contribution in [3.05, 3.63) is 35.4 Å². The number of benzene rings is 1. The lowest BCUT2D eigenvalue weighted by Crippen LogP contribution is -2.84. The fourth-order valence-electron chi connectivity index (χ4n) is 1.94.